The molecule has 162 valence electrons. The molecular weight excluding hydrogens is 376 g/mol. The molecule has 2 saturated heterocycles. The van der Waals surface area contributed by atoms with E-state index in [0.29, 0.717) is 0 Å². The van der Waals surface area contributed by atoms with Crippen LogP contribution >= 0.6 is 0 Å². The van der Waals surface area contributed by atoms with Crippen LogP contribution in [0.15, 0.2) is 12.4 Å². The van der Waals surface area contributed by atoms with Gasteiger partial charge in [-0.3, -0.25) is 9.80 Å². The summed E-state index contributed by atoms with van der Waals surface area (Å²) in [6.07, 6.45) is 6.30. The number of carbonyl (C=O) groups is 3. The van der Waals surface area contributed by atoms with Gasteiger partial charge in [0.05, 0.1) is 12.1 Å². The maximum Gasteiger partial charge on any atom is 0.411 e. The molecule has 1 aromatic rings. The van der Waals surface area contributed by atoms with E-state index < -0.39 is 11.7 Å². The van der Waals surface area contributed by atoms with Crippen LogP contribution in [-0.4, -0.2) is 67.1 Å². The van der Waals surface area contributed by atoms with E-state index in [1.54, 1.807) is 12.4 Å². The van der Waals surface area contributed by atoms with Crippen molar-refractivity contribution in [2.24, 2.45) is 0 Å². The number of likely N-dealkylation sites (tertiary alicyclic amines) is 2. The largest absolute Gasteiger partial charge is 0.465 e. The molecule has 3 rings (SSSR count). The number of nitrogens with one attached hydrogen (secondary N) is 1. The van der Waals surface area contributed by atoms with Gasteiger partial charge >= 0.3 is 12.2 Å². The topological polar surface area (TPSA) is 116 Å². The van der Waals surface area contributed by atoms with Crippen LogP contribution < -0.4 is 0 Å². The minimum atomic E-state index is -0.864. The van der Waals surface area contributed by atoms with Crippen molar-refractivity contribution in [3.05, 3.63) is 18.2 Å². The average Bonchev–Trinajstić information content (AvgIpc) is 3.32. The molecule has 9 nitrogen and oxygen atoms in total. The van der Waals surface area contributed by atoms with Gasteiger partial charge in [0.1, 0.15) is 17.7 Å². The molecule has 0 unspecified atom stereocenters. The van der Waals surface area contributed by atoms with Crippen LogP contribution in [0.25, 0.3) is 0 Å². The average molecular weight is 408 g/mol. The minimum absolute atomic E-state index is 0.0857. The number of nitrogens with zero attached hydrogens (tertiary/aromatic N) is 3. The van der Waals surface area contributed by atoms with Crippen LogP contribution in [-0.2, 0) is 9.53 Å². The summed E-state index contributed by atoms with van der Waals surface area (Å²) in [7, 11) is 0. The van der Waals surface area contributed by atoms with Crippen LogP contribution in [0.4, 0.5) is 9.59 Å². The Hall–Kier alpha value is -2.58. The molecule has 0 spiro atoms. The number of aldehydes is 1. The fourth-order valence-corrected chi connectivity index (χ4v) is 3.82. The number of rotatable bonds is 2. The zero-order valence-electron chi connectivity index (χ0n) is 17.8. The quantitative estimate of drug-likeness (QED) is 0.723. The summed E-state index contributed by atoms with van der Waals surface area (Å²) in [5.41, 5.74) is -0.507. The monoisotopic (exact) mass is 408 g/mol. The van der Waals surface area contributed by atoms with Crippen LogP contribution in [0.2, 0.25) is 0 Å². The molecule has 0 bridgehead atoms. The van der Waals surface area contributed by atoms with Gasteiger partial charge in [0, 0.05) is 24.5 Å². The van der Waals surface area contributed by atoms with Gasteiger partial charge < -0.3 is 19.6 Å². The highest BCUT2D eigenvalue weighted by molar-refractivity contribution is 5.74. The molecule has 0 aromatic carbocycles. The fourth-order valence-electron chi connectivity index (χ4n) is 3.82. The molecule has 2 aliphatic heterocycles. The molecule has 29 heavy (non-hydrogen) atoms. The second kappa shape index (κ2) is 9.28. The molecule has 1 aromatic heterocycles. The summed E-state index contributed by atoms with van der Waals surface area (Å²) < 4.78 is 5.25. The predicted octanol–water partition coefficient (Wildman–Crippen LogP) is 3.59. The van der Waals surface area contributed by atoms with E-state index in [1.807, 2.05) is 34.6 Å². The normalized spacial score (nSPS) is 26.7. The lowest BCUT2D eigenvalue weighted by Crippen LogP contribution is -2.43. The Morgan fingerprint density at radius 1 is 1.17 bits per heavy atom. The van der Waals surface area contributed by atoms with Crippen molar-refractivity contribution in [1.29, 1.82) is 0 Å². The first kappa shape index (κ1) is 22.7. The van der Waals surface area contributed by atoms with E-state index in [2.05, 4.69) is 9.97 Å². The Kier molecular flexibility index (Phi) is 7.26. The highest BCUT2D eigenvalue weighted by Crippen LogP contribution is 2.34. The number of carbonyl (C=O) groups excluding carboxylic acids is 2. The Morgan fingerprint density at radius 3 is 2.31 bits per heavy atom. The highest BCUT2D eigenvalue weighted by atomic mass is 16.6. The van der Waals surface area contributed by atoms with Crippen molar-refractivity contribution in [2.75, 3.05) is 0 Å². The van der Waals surface area contributed by atoms with Gasteiger partial charge in [-0.05, 0) is 60.3 Å². The summed E-state index contributed by atoms with van der Waals surface area (Å²) >= 11 is 0. The first-order chi connectivity index (χ1) is 13.5. The summed E-state index contributed by atoms with van der Waals surface area (Å²) in [6, 6.07) is -0.231. The maximum absolute atomic E-state index is 11.8. The number of ether oxygens (including phenoxy) is 1. The van der Waals surface area contributed by atoms with Gasteiger partial charge in [-0.25, -0.2) is 14.6 Å². The lowest BCUT2D eigenvalue weighted by Gasteiger charge is -2.29. The van der Waals surface area contributed by atoms with Crippen molar-refractivity contribution in [1.82, 2.24) is 19.8 Å². The zero-order valence-corrected chi connectivity index (χ0v) is 17.8. The first-order valence-electron chi connectivity index (χ1n) is 10.0. The number of H-pyrrole nitrogens is 1. The van der Waals surface area contributed by atoms with E-state index in [9.17, 15) is 14.4 Å². The van der Waals surface area contributed by atoms with Gasteiger partial charge in [0.2, 0.25) is 0 Å². The van der Waals surface area contributed by atoms with Crippen molar-refractivity contribution in [3.8, 4) is 0 Å². The van der Waals surface area contributed by atoms with Crippen molar-refractivity contribution >= 4 is 18.5 Å². The number of hydrogen-bond acceptors (Lipinski definition) is 5. The van der Waals surface area contributed by atoms with Gasteiger partial charge in [0.15, 0.2) is 0 Å². The van der Waals surface area contributed by atoms with E-state index in [4.69, 9.17) is 9.84 Å². The third-order valence-corrected chi connectivity index (χ3v) is 5.20. The van der Waals surface area contributed by atoms with Crippen LogP contribution in [0.3, 0.4) is 0 Å². The number of imidazole rings is 1. The second-order valence-corrected chi connectivity index (χ2v) is 8.62. The molecule has 2 aliphatic rings. The SMILES string of the molecule is C[C@H]1CC[C@@H](C=O)N1C(=O)OC(C)(C)C.C[C@H]1CC[C@@H](c2ncc[nH]2)N1C(=O)O. The summed E-state index contributed by atoms with van der Waals surface area (Å²) in [6.45, 7) is 9.33. The molecule has 4 atom stereocenters. The number of carboxylic acid groups (broad SMARTS) is 1. The van der Waals surface area contributed by atoms with Gasteiger partial charge in [-0.15, -0.1) is 0 Å². The molecule has 2 fully saturated rings. The summed E-state index contributed by atoms with van der Waals surface area (Å²) in [5.74, 6) is 0.747. The predicted molar refractivity (Wildman–Crippen MR) is 107 cm³/mol. The third kappa shape index (κ3) is 5.71. The van der Waals surface area contributed by atoms with Crippen LogP contribution in [0.1, 0.15) is 72.2 Å². The van der Waals surface area contributed by atoms with E-state index >= 15 is 0 Å². The van der Waals surface area contributed by atoms with E-state index in [-0.39, 0.29) is 30.3 Å². The van der Waals surface area contributed by atoms with Crippen LogP contribution in [0, 0.1) is 0 Å². The molecular formula is C20H32N4O5. The van der Waals surface area contributed by atoms with Gasteiger partial charge in [-0.1, -0.05) is 0 Å². The maximum atomic E-state index is 11.8. The van der Waals surface area contributed by atoms with Crippen LogP contribution in [0.5, 0.6) is 0 Å². The standard InChI is InChI=1S/C11H19NO3.C9H13N3O2/c1-8-5-6-9(7-13)12(8)10(14)15-11(2,3)4;1-6-2-3-7(12(6)9(13)14)8-10-4-5-11-8/h7-9H,5-6H2,1-4H3;4-7H,2-3H2,1H3,(H,10,11)(H,13,14)/t8-,9-;6-,7-/m00/s1. The number of amides is 2. The lowest BCUT2D eigenvalue weighted by atomic mass is 10.2. The number of aromatic amines is 1. The van der Waals surface area contributed by atoms with Crippen molar-refractivity contribution in [2.45, 2.75) is 90.1 Å². The molecule has 9 heteroatoms. The zero-order chi connectivity index (χ0) is 21.8. The number of hydrogen-bond donors (Lipinski definition) is 2. The fraction of sp³-hybridized carbons (Fsp3) is 0.700. The second-order valence-electron chi connectivity index (χ2n) is 8.62. The molecule has 0 radical (unpaired) electrons. The number of aromatic nitrogens is 2. The van der Waals surface area contributed by atoms with Gasteiger partial charge in [-0.2, -0.15) is 0 Å². The Morgan fingerprint density at radius 2 is 1.79 bits per heavy atom. The third-order valence-electron chi connectivity index (χ3n) is 5.20. The first-order valence-corrected chi connectivity index (χ1v) is 10.0. The summed E-state index contributed by atoms with van der Waals surface area (Å²) in [5, 5.41) is 9.04. The van der Waals surface area contributed by atoms with E-state index in [0.717, 1.165) is 37.8 Å². The molecule has 0 saturated carbocycles. The highest BCUT2D eigenvalue weighted by Gasteiger charge is 2.37. The Balaban J connectivity index is 0.000000207. The Labute approximate surface area is 171 Å². The molecule has 3 heterocycles. The Bertz CT molecular complexity index is 700. The van der Waals surface area contributed by atoms with Gasteiger partial charge in [0.25, 0.3) is 0 Å². The molecule has 0 aliphatic carbocycles. The van der Waals surface area contributed by atoms with Crippen molar-refractivity contribution in [3.63, 3.8) is 0 Å². The van der Waals surface area contributed by atoms with Crippen molar-refractivity contribution < 1.29 is 24.2 Å². The molecule has 2 amide bonds. The summed E-state index contributed by atoms with van der Waals surface area (Å²) in [4.78, 5) is 43.7. The molecule has 2 N–H and O–H groups in total. The van der Waals surface area contributed by atoms with E-state index in [1.165, 1.54) is 9.80 Å². The lowest BCUT2D eigenvalue weighted by molar-refractivity contribution is -0.112. The smallest absolute Gasteiger partial charge is 0.411 e. The minimum Gasteiger partial charge on any atom is -0.465 e.